The van der Waals surface area contributed by atoms with Gasteiger partial charge in [-0.05, 0) is 92.7 Å². The Hall–Kier alpha value is -3.39. The first-order valence-corrected chi connectivity index (χ1v) is 15.3. The number of anilines is 1. The number of hydrogen-bond donors (Lipinski definition) is 1. The van der Waals surface area contributed by atoms with E-state index in [2.05, 4.69) is 29.3 Å². The van der Waals surface area contributed by atoms with Crippen molar-refractivity contribution in [3.8, 4) is 17.0 Å². The molecule has 3 heterocycles. The fraction of sp³-hybridized carbons (Fsp3) is 0.469. The molecular weight excluding hydrogens is 522 g/mol. The van der Waals surface area contributed by atoms with Crippen LogP contribution in [-0.2, 0) is 11.4 Å². The number of nitrogens with zero attached hydrogens (tertiary/aromatic N) is 3. The number of hydrogen-bond acceptors (Lipinski definition) is 6. The highest BCUT2D eigenvalue weighted by Crippen LogP contribution is 2.46. The van der Waals surface area contributed by atoms with Crippen LogP contribution < -0.4 is 9.64 Å². The average molecular weight is 560 g/mol. The lowest BCUT2D eigenvalue weighted by Crippen LogP contribution is -2.42. The Morgan fingerprint density at radius 1 is 1.05 bits per heavy atom. The van der Waals surface area contributed by atoms with E-state index in [1.807, 2.05) is 36.1 Å². The molecule has 8 heteroatoms. The van der Waals surface area contributed by atoms with Gasteiger partial charge in [0, 0.05) is 49.1 Å². The van der Waals surface area contributed by atoms with Crippen LogP contribution in [0, 0.1) is 31.6 Å². The maximum Gasteiger partial charge on any atom is 0.303 e. The van der Waals surface area contributed by atoms with E-state index in [0.29, 0.717) is 24.4 Å². The quantitative estimate of drug-likeness (QED) is 0.355. The summed E-state index contributed by atoms with van der Waals surface area (Å²) in [4.78, 5) is 33.5. The van der Waals surface area contributed by atoms with E-state index in [1.165, 1.54) is 0 Å². The van der Waals surface area contributed by atoms with Crippen molar-refractivity contribution in [3.05, 3.63) is 64.0 Å². The number of aliphatic carboxylic acids is 1. The number of piperidine rings is 1. The van der Waals surface area contributed by atoms with Gasteiger partial charge in [-0.3, -0.25) is 9.59 Å². The highest BCUT2D eigenvalue weighted by molar-refractivity contribution is 7.14. The maximum absolute atomic E-state index is 12.8. The van der Waals surface area contributed by atoms with Gasteiger partial charge in [-0.1, -0.05) is 17.7 Å². The third-order valence-electron chi connectivity index (χ3n) is 8.98. The monoisotopic (exact) mass is 559 g/mol. The van der Waals surface area contributed by atoms with Crippen LogP contribution in [0.15, 0.2) is 41.8 Å². The Bertz CT molecular complexity index is 1400. The summed E-state index contributed by atoms with van der Waals surface area (Å²) in [6, 6.07) is 12.1. The van der Waals surface area contributed by atoms with Crippen LogP contribution in [0.4, 0.5) is 5.13 Å². The smallest absolute Gasteiger partial charge is 0.303 e. The molecule has 3 aromatic rings. The van der Waals surface area contributed by atoms with Crippen LogP contribution in [0.1, 0.15) is 59.2 Å². The predicted molar refractivity (Wildman–Crippen MR) is 157 cm³/mol. The zero-order valence-corrected chi connectivity index (χ0v) is 24.1. The third kappa shape index (κ3) is 5.46. The van der Waals surface area contributed by atoms with Crippen molar-refractivity contribution in [3.63, 3.8) is 0 Å². The zero-order chi connectivity index (χ0) is 27.8. The van der Waals surface area contributed by atoms with Gasteiger partial charge in [-0.2, -0.15) is 0 Å². The van der Waals surface area contributed by atoms with Crippen molar-refractivity contribution in [2.24, 2.45) is 17.8 Å². The minimum atomic E-state index is -0.680. The van der Waals surface area contributed by atoms with E-state index in [0.717, 1.165) is 96.3 Å². The summed E-state index contributed by atoms with van der Waals surface area (Å²) in [5.41, 5.74) is 5.88. The van der Waals surface area contributed by atoms with Gasteiger partial charge in [0.05, 0.1) is 5.69 Å². The number of amides is 1. The highest BCUT2D eigenvalue weighted by atomic mass is 32.1. The summed E-state index contributed by atoms with van der Waals surface area (Å²) in [6.45, 7) is 7.99. The molecule has 210 valence electrons. The number of carboxylic acid groups (broad SMARTS) is 1. The minimum Gasteiger partial charge on any atom is -0.488 e. The van der Waals surface area contributed by atoms with Crippen LogP contribution in [-0.4, -0.2) is 53.0 Å². The summed E-state index contributed by atoms with van der Waals surface area (Å²) in [6.07, 6.45) is 4.68. The molecule has 2 aliphatic heterocycles. The second-order valence-corrected chi connectivity index (χ2v) is 12.5. The molecule has 40 heavy (non-hydrogen) atoms. The molecule has 6 rings (SSSR count). The Kier molecular flexibility index (Phi) is 7.53. The van der Waals surface area contributed by atoms with Crippen molar-refractivity contribution < 1.29 is 19.4 Å². The number of benzene rings is 2. The molecule has 0 spiro atoms. The number of likely N-dealkylation sites (tertiary alicyclic amines) is 1. The van der Waals surface area contributed by atoms with Gasteiger partial charge in [-0.25, -0.2) is 4.98 Å². The Balaban J connectivity index is 1.16. The molecule has 1 aliphatic carbocycles. The molecule has 7 nitrogen and oxygen atoms in total. The topological polar surface area (TPSA) is 83.0 Å². The molecule has 2 saturated heterocycles. The lowest BCUT2D eigenvalue weighted by Gasteiger charge is -2.37. The number of carboxylic acids is 1. The van der Waals surface area contributed by atoms with Crippen LogP contribution in [0.2, 0.25) is 0 Å². The highest BCUT2D eigenvalue weighted by Gasteiger charge is 2.43. The molecule has 3 fully saturated rings. The number of ether oxygens (including phenoxy) is 1. The Morgan fingerprint density at radius 3 is 2.50 bits per heavy atom. The van der Waals surface area contributed by atoms with E-state index < -0.39 is 5.97 Å². The van der Waals surface area contributed by atoms with E-state index in [9.17, 15) is 14.7 Å². The van der Waals surface area contributed by atoms with Gasteiger partial charge in [0.15, 0.2) is 5.13 Å². The molecule has 3 atom stereocenters. The molecule has 2 aromatic carbocycles. The molecule has 1 saturated carbocycles. The van der Waals surface area contributed by atoms with Crippen LogP contribution >= 0.6 is 11.3 Å². The predicted octanol–water partition coefficient (Wildman–Crippen LogP) is 6.18. The number of carbonyl (C=O) groups excluding carboxylic acids is 1. The molecule has 1 N–H and O–H groups in total. The number of aromatic nitrogens is 1. The van der Waals surface area contributed by atoms with Gasteiger partial charge >= 0.3 is 5.97 Å². The first-order chi connectivity index (χ1) is 19.4. The normalized spacial score (nSPS) is 22.1. The maximum atomic E-state index is 12.8. The van der Waals surface area contributed by atoms with Crippen molar-refractivity contribution in [2.45, 2.75) is 52.6 Å². The van der Waals surface area contributed by atoms with Crippen molar-refractivity contribution in [1.82, 2.24) is 9.88 Å². The molecule has 1 unspecified atom stereocenters. The lowest BCUT2D eigenvalue weighted by molar-refractivity contribution is -0.138. The van der Waals surface area contributed by atoms with Crippen LogP contribution in [0.25, 0.3) is 11.3 Å². The summed E-state index contributed by atoms with van der Waals surface area (Å²) in [5, 5.41) is 12.5. The number of carbonyl (C=O) groups is 2. The summed E-state index contributed by atoms with van der Waals surface area (Å²) < 4.78 is 6.36. The second kappa shape index (κ2) is 11.2. The zero-order valence-electron chi connectivity index (χ0n) is 23.3. The molecule has 0 radical (unpaired) electrons. The number of aryl methyl sites for hydroxylation is 2. The fourth-order valence-corrected chi connectivity index (χ4v) is 7.62. The average Bonchev–Trinajstić information content (AvgIpc) is 3.68. The molecule has 1 aromatic heterocycles. The molecule has 2 bridgehead atoms. The van der Waals surface area contributed by atoms with E-state index in [1.54, 1.807) is 11.3 Å². The Morgan fingerprint density at radius 2 is 1.80 bits per heavy atom. The van der Waals surface area contributed by atoms with E-state index >= 15 is 0 Å². The molecular formula is C32H37N3O4S. The van der Waals surface area contributed by atoms with Gasteiger partial charge in [0.2, 0.25) is 0 Å². The van der Waals surface area contributed by atoms with Crippen molar-refractivity contribution in [1.29, 1.82) is 0 Å². The first kappa shape index (κ1) is 26.8. The van der Waals surface area contributed by atoms with Crippen LogP contribution in [0.3, 0.4) is 0 Å². The number of fused-ring (bicyclic) bond motifs is 2. The fourth-order valence-electron chi connectivity index (χ4n) is 6.78. The van der Waals surface area contributed by atoms with Gasteiger partial charge in [0.1, 0.15) is 12.4 Å². The largest absolute Gasteiger partial charge is 0.488 e. The Labute approximate surface area is 239 Å². The first-order valence-electron chi connectivity index (χ1n) is 14.4. The summed E-state index contributed by atoms with van der Waals surface area (Å²) in [7, 11) is 0. The van der Waals surface area contributed by atoms with Crippen molar-refractivity contribution >= 4 is 28.3 Å². The summed E-state index contributed by atoms with van der Waals surface area (Å²) >= 11 is 1.65. The van der Waals surface area contributed by atoms with Gasteiger partial charge in [-0.15, -0.1) is 11.3 Å². The molecule has 3 aliphatic rings. The van der Waals surface area contributed by atoms with Gasteiger partial charge < -0.3 is 19.6 Å². The van der Waals surface area contributed by atoms with Crippen LogP contribution in [0.5, 0.6) is 5.75 Å². The third-order valence-corrected chi connectivity index (χ3v) is 9.88. The standard InChI is InChI=1S/C32H37N3O4S/c1-20-5-10-29(39-18-25-9-6-22(14-21(25)2)31(38)34-11-3-4-12-34)27(13-20)28-19-40-32(33-28)35-16-23-7-8-24(17-35)26(23)15-30(36)37/h5-6,9-10,13-14,19,23-24,26H,3-4,7-8,11-12,15-18H2,1-2H3,(H,36,37)/t23-,24+,26?. The second-order valence-electron chi connectivity index (χ2n) is 11.7. The SMILES string of the molecule is Cc1ccc(OCc2ccc(C(=O)N3CCCC3)cc2C)c(-c2csc(N3C[C@H]4CC[C@@H](C3)C4CC(=O)O)n2)c1. The van der Waals surface area contributed by atoms with E-state index in [4.69, 9.17) is 9.72 Å². The number of rotatable bonds is 8. The number of thiazole rings is 1. The minimum absolute atomic E-state index is 0.118. The summed E-state index contributed by atoms with van der Waals surface area (Å²) in [5.74, 6) is 1.38. The van der Waals surface area contributed by atoms with Crippen molar-refractivity contribution in [2.75, 3.05) is 31.1 Å². The molecule has 1 amide bonds. The van der Waals surface area contributed by atoms with E-state index in [-0.39, 0.29) is 12.3 Å². The van der Waals surface area contributed by atoms with Gasteiger partial charge in [0.25, 0.3) is 5.91 Å². The lowest BCUT2D eigenvalue weighted by atomic mass is 9.83.